The van der Waals surface area contributed by atoms with Crippen LogP contribution in [0.3, 0.4) is 0 Å². The first-order valence-electron chi connectivity index (χ1n) is 13.2. The van der Waals surface area contributed by atoms with Crippen LogP contribution in [0, 0.1) is 6.92 Å². The molecule has 1 atom stereocenters. The summed E-state index contributed by atoms with van der Waals surface area (Å²) in [5, 5.41) is 0.421. The Kier molecular flexibility index (Phi) is 8.18. The lowest BCUT2D eigenvalue weighted by Crippen LogP contribution is -2.19. The fourth-order valence-electron chi connectivity index (χ4n) is 4.52. The number of hydrogen-bond acceptors (Lipinski definition) is 8. The van der Waals surface area contributed by atoms with Gasteiger partial charge in [-0.25, -0.2) is 4.98 Å². The van der Waals surface area contributed by atoms with E-state index in [1.165, 1.54) is 0 Å². The number of fused-ring (bicyclic) bond motifs is 2. The zero-order valence-electron chi connectivity index (χ0n) is 23.5. The molecule has 38 heavy (non-hydrogen) atoms. The number of aryl methyl sites for hydroxylation is 1. The number of rotatable bonds is 6. The van der Waals surface area contributed by atoms with Gasteiger partial charge >= 0.3 is 10.1 Å². The summed E-state index contributed by atoms with van der Waals surface area (Å²) >= 11 is 0. The summed E-state index contributed by atoms with van der Waals surface area (Å²) in [6.07, 6.45) is -0.228. The molecule has 0 aliphatic carbocycles. The Morgan fingerprint density at radius 1 is 0.895 bits per heavy atom. The molecule has 0 saturated heterocycles. The molecule has 1 aromatic heterocycles. The summed E-state index contributed by atoms with van der Waals surface area (Å²) in [6, 6.07) is 7.39. The highest BCUT2D eigenvalue weighted by Crippen LogP contribution is 2.39. The molecular weight excluding hydrogens is 504 g/mol. The summed E-state index contributed by atoms with van der Waals surface area (Å²) in [5.41, 5.74) is 3.08. The van der Waals surface area contributed by atoms with Gasteiger partial charge in [-0.05, 0) is 54.4 Å². The Morgan fingerprint density at radius 2 is 1.55 bits per heavy atom. The highest BCUT2D eigenvalue weighted by atomic mass is 32.2. The molecule has 0 fully saturated rings. The van der Waals surface area contributed by atoms with E-state index in [9.17, 15) is 8.42 Å². The van der Waals surface area contributed by atoms with Crippen LogP contribution in [-0.2, 0) is 14.9 Å². The third-order valence-corrected chi connectivity index (χ3v) is 7.87. The minimum atomic E-state index is -4.25. The topological polar surface area (TPSA) is 96.8 Å². The molecule has 0 radical (unpaired) electrons. The van der Waals surface area contributed by atoms with Gasteiger partial charge in [-0.15, -0.1) is 0 Å². The number of aromatic nitrogens is 2. The first kappa shape index (κ1) is 28.1. The van der Waals surface area contributed by atoms with Crippen LogP contribution in [-0.4, -0.2) is 44.3 Å². The van der Waals surface area contributed by atoms with Gasteiger partial charge < -0.3 is 18.4 Å². The molecule has 2 heterocycles. The van der Waals surface area contributed by atoms with Crippen molar-refractivity contribution in [2.75, 3.05) is 19.8 Å². The smallest absolute Gasteiger partial charge is 0.341 e. The predicted octanol–water partition coefficient (Wildman–Crippen LogP) is 6.25. The second kappa shape index (κ2) is 11.1. The van der Waals surface area contributed by atoms with E-state index >= 15 is 0 Å². The molecule has 1 unspecified atom stereocenters. The maximum absolute atomic E-state index is 14.0. The molecular formula is C29H38N2O6S. The fourth-order valence-corrected chi connectivity index (χ4v) is 6.11. The lowest BCUT2D eigenvalue weighted by atomic mass is 9.89. The van der Waals surface area contributed by atoms with E-state index in [1.54, 1.807) is 19.1 Å². The van der Waals surface area contributed by atoms with Gasteiger partial charge in [0.1, 0.15) is 23.4 Å². The van der Waals surface area contributed by atoms with Crippen molar-refractivity contribution in [3.8, 4) is 17.4 Å². The third-order valence-electron chi connectivity index (χ3n) is 6.52. The van der Waals surface area contributed by atoms with Gasteiger partial charge in [0.2, 0.25) is 5.88 Å². The molecule has 3 aromatic rings. The summed E-state index contributed by atoms with van der Waals surface area (Å²) in [4.78, 5) is 9.13. The number of benzene rings is 2. The third kappa shape index (κ3) is 5.89. The average Bonchev–Trinajstić information content (AvgIpc) is 2.91. The van der Waals surface area contributed by atoms with Gasteiger partial charge in [-0.2, -0.15) is 13.4 Å². The lowest BCUT2D eigenvalue weighted by molar-refractivity contribution is 0.0546. The van der Waals surface area contributed by atoms with Crippen LogP contribution in [0.5, 0.6) is 17.4 Å². The zero-order valence-corrected chi connectivity index (χ0v) is 24.3. The van der Waals surface area contributed by atoms with E-state index in [-0.39, 0.29) is 34.6 Å². The van der Waals surface area contributed by atoms with Crippen molar-refractivity contribution in [3.05, 3.63) is 46.8 Å². The van der Waals surface area contributed by atoms with Gasteiger partial charge in [-0.1, -0.05) is 53.7 Å². The van der Waals surface area contributed by atoms with Crippen LogP contribution in [0.2, 0.25) is 0 Å². The molecule has 4 rings (SSSR count). The molecule has 9 heteroatoms. The summed E-state index contributed by atoms with van der Waals surface area (Å²) < 4.78 is 51.4. The van der Waals surface area contributed by atoms with E-state index in [1.807, 2.05) is 46.8 Å². The monoisotopic (exact) mass is 542 g/mol. The van der Waals surface area contributed by atoms with Crippen molar-refractivity contribution >= 4 is 21.0 Å². The molecule has 0 N–H and O–H groups in total. The van der Waals surface area contributed by atoms with Gasteiger partial charge in [0.25, 0.3) is 0 Å². The standard InChI is InChI=1S/C29H38N2O6S/c1-16(2)21-11-22(17(3)4)28(23(12-21)18(5)6)38(32,33)37-29-24-13-27-26(14-25(24)30-20(8)31-29)35-10-9-34-15-19(7)36-27/h11-14,16-19H,9-10,15H2,1-8H3. The molecule has 1 aliphatic heterocycles. The minimum absolute atomic E-state index is 0.0265. The second-order valence-electron chi connectivity index (χ2n) is 10.8. The molecule has 8 nitrogen and oxygen atoms in total. The van der Waals surface area contributed by atoms with Crippen molar-refractivity contribution in [3.63, 3.8) is 0 Å². The van der Waals surface area contributed by atoms with Crippen LogP contribution in [0.25, 0.3) is 10.9 Å². The maximum Gasteiger partial charge on any atom is 0.341 e. The van der Waals surface area contributed by atoms with Crippen LogP contribution >= 0.6 is 0 Å². The Hall–Kier alpha value is -2.91. The Morgan fingerprint density at radius 3 is 2.16 bits per heavy atom. The van der Waals surface area contributed by atoms with E-state index in [0.717, 1.165) is 16.7 Å². The summed E-state index contributed by atoms with van der Waals surface area (Å²) in [7, 11) is -4.25. The van der Waals surface area contributed by atoms with Gasteiger partial charge in [0.05, 0.1) is 24.1 Å². The van der Waals surface area contributed by atoms with Gasteiger partial charge in [0, 0.05) is 6.07 Å². The van der Waals surface area contributed by atoms with Crippen molar-refractivity contribution < 1.29 is 26.8 Å². The zero-order chi connectivity index (χ0) is 27.8. The molecule has 1 aliphatic rings. The molecule has 0 spiro atoms. The lowest BCUT2D eigenvalue weighted by Gasteiger charge is -2.22. The Bertz CT molecular complexity index is 1400. The number of ether oxygens (including phenoxy) is 3. The van der Waals surface area contributed by atoms with Crippen molar-refractivity contribution in [2.24, 2.45) is 0 Å². The summed E-state index contributed by atoms with van der Waals surface area (Å²) in [5.74, 6) is 1.51. The van der Waals surface area contributed by atoms with E-state index in [0.29, 0.717) is 48.0 Å². The molecule has 0 bridgehead atoms. The van der Waals surface area contributed by atoms with E-state index in [2.05, 4.69) is 23.8 Å². The quantitative estimate of drug-likeness (QED) is 0.337. The van der Waals surface area contributed by atoms with Crippen molar-refractivity contribution in [1.82, 2.24) is 9.97 Å². The van der Waals surface area contributed by atoms with E-state index in [4.69, 9.17) is 18.4 Å². The van der Waals surface area contributed by atoms with E-state index < -0.39 is 10.1 Å². The van der Waals surface area contributed by atoms with Gasteiger partial charge in [0.15, 0.2) is 11.5 Å². The number of nitrogens with zero attached hydrogens (tertiary/aromatic N) is 2. The van der Waals surface area contributed by atoms with Crippen LogP contribution in [0.1, 0.15) is 88.7 Å². The first-order valence-corrected chi connectivity index (χ1v) is 14.6. The molecule has 0 amide bonds. The normalized spacial score (nSPS) is 16.6. The fraction of sp³-hybridized carbons (Fsp3) is 0.517. The highest BCUT2D eigenvalue weighted by Gasteiger charge is 2.30. The largest absolute Gasteiger partial charge is 0.487 e. The average molecular weight is 543 g/mol. The highest BCUT2D eigenvalue weighted by molar-refractivity contribution is 7.87. The minimum Gasteiger partial charge on any atom is -0.487 e. The first-order chi connectivity index (χ1) is 17.9. The Balaban J connectivity index is 1.88. The van der Waals surface area contributed by atoms with Crippen LogP contribution in [0.15, 0.2) is 29.2 Å². The van der Waals surface area contributed by atoms with Crippen molar-refractivity contribution in [1.29, 1.82) is 0 Å². The second-order valence-corrected chi connectivity index (χ2v) is 12.3. The summed E-state index contributed by atoms with van der Waals surface area (Å²) in [6.45, 7) is 17.0. The SMILES string of the molecule is Cc1nc(OS(=O)(=O)c2c(C(C)C)cc(C(C)C)cc2C(C)C)c2cc3c(cc2n1)OCCOCC(C)O3. The van der Waals surface area contributed by atoms with Crippen LogP contribution in [0.4, 0.5) is 0 Å². The predicted molar refractivity (Wildman–Crippen MR) is 147 cm³/mol. The molecule has 206 valence electrons. The molecule has 2 aromatic carbocycles. The number of hydrogen-bond donors (Lipinski definition) is 0. The molecule has 0 saturated carbocycles. The maximum atomic E-state index is 14.0. The van der Waals surface area contributed by atoms with Gasteiger partial charge in [-0.3, -0.25) is 0 Å². The Labute approximate surface area is 225 Å². The van der Waals surface area contributed by atoms with Crippen LogP contribution < -0.4 is 13.7 Å². The van der Waals surface area contributed by atoms with Crippen molar-refractivity contribution in [2.45, 2.75) is 84.1 Å².